The molecule has 0 atom stereocenters. The van der Waals surface area contributed by atoms with E-state index in [-0.39, 0.29) is 11.3 Å². The fraction of sp³-hybridized carbons (Fsp3) is 0.538. The number of nitrogens with one attached hydrogen (secondary N) is 1. The van der Waals surface area contributed by atoms with Gasteiger partial charge < -0.3 is 14.8 Å². The zero-order chi connectivity index (χ0) is 13.9. The van der Waals surface area contributed by atoms with Crippen LogP contribution < -0.4 is 10.1 Å². The summed E-state index contributed by atoms with van der Waals surface area (Å²) in [4.78, 5) is 10.6. The van der Waals surface area contributed by atoms with Crippen LogP contribution in [0.25, 0.3) is 0 Å². The first kappa shape index (κ1) is 13.6. The van der Waals surface area contributed by atoms with E-state index in [4.69, 9.17) is 9.47 Å². The molecule has 0 unspecified atom stereocenters. The highest BCUT2D eigenvalue weighted by molar-refractivity contribution is 5.64. The number of nitro benzene ring substituents is 1. The number of rotatable bonds is 6. The van der Waals surface area contributed by atoms with E-state index in [1.807, 2.05) is 0 Å². The van der Waals surface area contributed by atoms with E-state index in [1.165, 1.54) is 13.2 Å². The van der Waals surface area contributed by atoms with Crippen LogP contribution in [0.1, 0.15) is 19.3 Å². The van der Waals surface area contributed by atoms with Crippen LogP contribution in [0, 0.1) is 10.1 Å². The molecule has 6 heteroatoms. The highest BCUT2D eigenvalue weighted by Gasteiger charge is 2.37. The Labute approximate surface area is 111 Å². The Balaban J connectivity index is 2.13. The molecule has 1 aliphatic carbocycles. The lowest BCUT2D eigenvalue weighted by Crippen LogP contribution is -2.45. The molecule has 0 amide bonds. The quantitative estimate of drug-likeness (QED) is 0.632. The number of ether oxygens (including phenoxy) is 2. The van der Waals surface area contributed by atoms with Gasteiger partial charge in [-0.1, -0.05) is 0 Å². The molecule has 1 fully saturated rings. The summed E-state index contributed by atoms with van der Waals surface area (Å²) in [7, 11) is 3.17. The summed E-state index contributed by atoms with van der Waals surface area (Å²) in [5, 5.41) is 14.2. The fourth-order valence-electron chi connectivity index (χ4n) is 2.22. The monoisotopic (exact) mass is 266 g/mol. The van der Waals surface area contributed by atoms with Crippen molar-refractivity contribution in [2.45, 2.75) is 24.9 Å². The van der Waals surface area contributed by atoms with Gasteiger partial charge in [-0.25, -0.2) is 0 Å². The molecule has 104 valence electrons. The Kier molecular flexibility index (Phi) is 3.90. The predicted octanol–water partition coefficient (Wildman–Crippen LogP) is 2.58. The second-order valence-electron chi connectivity index (χ2n) is 4.73. The maximum absolute atomic E-state index is 11.0. The van der Waals surface area contributed by atoms with E-state index in [9.17, 15) is 10.1 Å². The molecule has 1 aromatic carbocycles. The number of hydrogen-bond donors (Lipinski definition) is 1. The second kappa shape index (κ2) is 5.44. The van der Waals surface area contributed by atoms with Crippen LogP contribution in [-0.4, -0.2) is 31.3 Å². The molecule has 1 aliphatic rings. The standard InChI is InChI=1S/C13H18N2O4/c1-18-10-4-5-11(12(8-10)15(16)17)14-9-13(19-2)6-3-7-13/h4-5,8,14H,3,6-7,9H2,1-2H3. The first-order chi connectivity index (χ1) is 9.10. The Bertz CT molecular complexity index is 466. The maximum Gasteiger partial charge on any atom is 0.296 e. The molecule has 0 heterocycles. The molecule has 6 nitrogen and oxygen atoms in total. The molecule has 0 saturated heterocycles. The Morgan fingerprint density at radius 3 is 2.63 bits per heavy atom. The molecule has 1 N–H and O–H groups in total. The van der Waals surface area contributed by atoms with E-state index in [0.29, 0.717) is 18.0 Å². The molecule has 0 bridgehead atoms. The van der Waals surface area contributed by atoms with Crippen molar-refractivity contribution in [1.29, 1.82) is 0 Å². The summed E-state index contributed by atoms with van der Waals surface area (Å²) < 4.78 is 10.5. The van der Waals surface area contributed by atoms with Crippen LogP contribution in [0.15, 0.2) is 18.2 Å². The number of hydrogen-bond acceptors (Lipinski definition) is 5. The topological polar surface area (TPSA) is 73.6 Å². The number of nitro groups is 1. The summed E-state index contributed by atoms with van der Waals surface area (Å²) in [5.74, 6) is 0.474. The van der Waals surface area contributed by atoms with Crippen molar-refractivity contribution >= 4 is 11.4 Å². The lowest BCUT2D eigenvalue weighted by molar-refractivity contribution is -0.384. The largest absolute Gasteiger partial charge is 0.496 e. The molecule has 1 saturated carbocycles. The molecule has 0 aromatic heterocycles. The minimum absolute atomic E-state index is 0.0185. The second-order valence-corrected chi connectivity index (χ2v) is 4.73. The van der Waals surface area contributed by atoms with Crippen LogP contribution in [0.3, 0.4) is 0 Å². The van der Waals surface area contributed by atoms with Gasteiger partial charge in [0.25, 0.3) is 5.69 Å². The SMILES string of the molecule is COc1ccc(NCC2(OC)CCC2)c([N+](=O)[O-])c1. The van der Waals surface area contributed by atoms with Crippen LogP contribution >= 0.6 is 0 Å². The van der Waals surface area contributed by atoms with Crippen molar-refractivity contribution in [3.8, 4) is 5.75 Å². The van der Waals surface area contributed by atoms with Gasteiger partial charge in [-0.15, -0.1) is 0 Å². The van der Waals surface area contributed by atoms with E-state index in [0.717, 1.165) is 19.3 Å². The van der Waals surface area contributed by atoms with E-state index in [2.05, 4.69) is 5.32 Å². The molecule has 1 aromatic rings. The number of nitrogens with zero attached hydrogens (tertiary/aromatic N) is 1. The number of anilines is 1. The van der Waals surface area contributed by atoms with Crippen molar-refractivity contribution in [3.05, 3.63) is 28.3 Å². The Morgan fingerprint density at radius 2 is 2.16 bits per heavy atom. The van der Waals surface area contributed by atoms with Crippen molar-refractivity contribution in [2.75, 3.05) is 26.1 Å². The van der Waals surface area contributed by atoms with Crippen molar-refractivity contribution < 1.29 is 14.4 Å². The zero-order valence-electron chi connectivity index (χ0n) is 11.1. The fourth-order valence-corrected chi connectivity index (χ4v) is 2.22. The minimum Gasteiger partial charge on any atom is -0.496 e. The molecule has 19 heavy (non-hydrogen) atoms. The lowest BCUT2D eigenvalue weighted by atomic mass is 9.80. The highest BCUT2D eigenvalue weighted by atomic mass is 16.6. The summed E-state index contributed by atoms with van der Waals surface area (Å²) >= 11 is 0. The Hall–Kier alpha value is -1.82. The smallest absolute Gasteiger partial charge is 0.296 e. The first-order valence-electron chi connectivity index (χ1n) is 6.22. The van der Waals surface area contributed by atoms with Gasteiger partial charge in [0, 0.05) is 13.7 Å². The van der Waals surface area contributed by atoms with E-state index >= 15 is 0 Å². The zero-order valence-corrected chi connectivity index (χ0v) is 11.1. The van der Waals surface area contributed by atoms with Crippen LogP contribution in [0.2, 0.25) is 0 Å². The third-order valence-electron chi connectivity index (χ3n) is 3.70. The van der Waals surface area contributed by atoms with Gasteiger partial charge >= 0.3 is 0 Å². The van der Waals surface area contributed by atoms with Crippen molar-refractivity contribution in [2.24, 2.45) is 0 Å². The predicted molar refractivity (Wildman–Crippen MR) is 71.7 cm³/mol. The van der Waals surface area contributed by atoms with Gasteiger partial charge in [0.1, 0.15) is 11.4 Å². The number of benzene rings is 1. The van der Waals surface area contributed by atoms with Gasteiger partial charge in [-0.2, -0.15) is 0 Å². The molecular formula is C13H18N2O4. The third kappa shape index (κ3) is 2.78. The summed E-state index contributed by atoms with van der Waals surface area (Å²) in [6, 6.07) is 4.79. The normalized spacial score (nSPS) is 16.5. The third-order valence-corrected chi connectivity index (χ3v) is 3.70. The average Bonchev–Trinajstić information content (AvgIpc) is 2.38. The van der Waals surface area contributed by atoms with Gasteiger partial charge in [0.05, 0.1) is 23.7 Å². The van der Waals surface area contributed by atoms with E-state index < -0.39 is 4.92 Å². The van der Waals surface area contributed by atoms with Gasteiger partial charge in [0.15, 0.2) is 0 Å². The molecule has 0 spiro atoms. The van der Waals surface area contributed by atoms with Gasteiger partial charge in [-0.05, 0) is 31.4 Å². The summed E-state index contributed by atoms with van der Waals surface area (Å²) in [5.41, 5.74) is 0.340. The molecule has 0 radical (unpaired) electrons. The first-order valence-corrected chi connectivity index (χ1v) is 6.22. The lowest BCUT2D eigenvalue weighted by Gasteiger charge is -2.40. The van der Waals surface area contributed by atoms with E-state index in [1.54, 1.807) is 19.2 Å². The summed E-state index contributed by atoms with van der Waals surface area (Å²) in [6.07, 6.45) is 3.11. The number of methoxy groups -OCH3 is 2. The molecular weight excluding hydrogens is 248 g/mol. The van der Waals surface area contributed by atoms with Crippen LogP contribution in [0.4, 0.5) is 11.4 Å². The van der Waals surface area contributed by atoms with Crippen LogP contribution in [0.5, 0.6) is 5.75 Å². The molecule has 2 rings (SSSR count). The van der Waals surface area contributed by atoms with Crippen molar-refractivity contribution in [3.63, 3.8) is 0 Å². The average molecular weight is 266 g/mol. The summed E-state index contributed by atoms with van der Waals surface area (Å²) in [6.45, 7) is 0.580. The minimum atomic E-state index is -0.412. The van der Waals surface area contributed by atoms with Gasteiger partial charge in [-0.3, -0.25) is 10.1 Å². The van der Waals surface area contributed by atoms with Crippen LogP contribution in [-0.2, 0) is 4.74 Å². The van der Waals surface area contributed by atoms with Gasteiger partial charge in [0.2, 0.25) is 0 Å². The Morgan fingerprint density at radius 1 is 1.42 bits per heavy atom. The highest BCUT2D eigenvalue weighted by Crippen LogP contribution is 2.36. The maximum atomic E-state index is 11.0. The van der Waals surface area contributed by atoms with Crippen molar-refractivity contribution in [1.82, 2.24) is 0 Å². The molecule has 0 aliphatic heterocycles.